The molecule has 0 bridgehead atoms. The standard InChI is InChI=1S/C11H17NO/c12-9-4-3-7-11(8-9)13-10-5-1-2-6-10/h3,7-10H,1-2,4-6,12H2. The Balaban J connectivity index is 1.89. The lowest BCUT2D eigenvalue weighted by molar-refractivity contribution is 0.129. The summed E-state index contributed by atoms with van der Waals surface area (Å²) in [5.41, 5.74) is 5.79. The van der Waals surface area contributed by atoms with Gasteiger partial charge in [-0.05, 0) is 44.3 Å². The first kappa shape index (κ1) is 8.82. The third-order valence-electron chi connectivity index (χ3n) is 2.67. The topological polar surface area (TPSA) is 35.2 Å². The lowest BCUT2D eigenvalue weighted by Gasteiger charge is -2.17. The number of nitrogens with two attached hydrogens (primary N) is 1. The van der Waals surface area contributed by atoms with Crippen LogP contribution in [0.2, 0.25) is 0 Å². The molecule has 2 heteroatoms. The number of hydrogen-bond donors (Lipinski definition) is 1. The van der Waals surface area contributed by atoms with Crippen molar-refractivity contribution < 1.29 is 4.74 Å². The highest BCUT2D eigenvalue weighted by Crippen LogP contribution is 2.24. The Labute approximate surface area is 79.5 Å². The van der Waals surface area contributed by atoms with Crippen LogP contribution in [0.25, 0.3) is 0 Å². The van der Waals surface area contributed by atoms with E-state index in [1.54, 1.807) is 0 Å². The van der Waals surface area contributed by atoms with Gasteiger partial charge in [0.2, 0.25) is 0 Å². The van der Waals surface area contributed by atoms with Gasteiger partial charge in [0.25, 0.3) is 0 Å². The van der Waals surface area contributed by atoms with Gasteiger partial charge in [0, 0.05) is 6.04 Å². The van der Waals surface area contributed by atoms with E-state index < -0.39 is 0 Å². The van der Waals surface area contributed by atoms with E-state index in [0.29, 0.717) is 6.10 Å². The van der Waals surface area contributed by atoms with E-state index in [-0.39, 0.29) is 6.04 Å². The van der Waals surface area contributed by atoms with Crippen LogP contribution < -0.4 is 5.73 Å². The first-order valence-corrected chi connectivity index (χ1v) is 5.15. The Morgan fingerprint density at radius 3 is 2.77 bits per heavy atom. The summed E-state index contributed by atoms with van der Waals surface area (Å²) >= 11 is 0. The lowest BCUT2D eigenvalue weighted by Crippen LogP contribution is -2.19. The van der Waals surface area contributed by atoms with Crippen LogP contribution >= 0.6 is 0 Å². The van der Waals surface area contributed by atoms with Crippen LogP contribution in [0.3, 0.4) is 0 Å². The molecule has 2 rings (SSSR count). The SMILES string of the molecule is NC1C=C(OC2CCCC2)C=CC1. The zero-order chi connectivity index (χ0) is 9.10. The van der Waals surface area contributed by atoms with Gasteiger partial charge in [-0.1, -0.05) is 6.08 Å². The Kier molecular flexibility index (Phi) is 2.69. The van der Waals surface area contributed by atoms with Gasteiger partial charge in [0.1, 0.15) is 5.76 Å². The van der Waals surface area contributed by atoms with Gasteiger partial charge >= 0.3 is 0 Å². The largest absolute Gasteiger partial charge is 0.491 e. The fourth-order valence-corrected chi connectivity index (χ4v) is 1.95. The van der Waals surface area contributed by atoms with Crippen LogP contribution in [0.1, 0.15) is 32.1 Å². The number of hydrogen-bond acceptors (Lipinski definition) is 2. The quantitative estimate of drug-likeness (QED) is 0.704. The van der Waals surface area contributed by atoms with Crippen molar-refractivity contribution in [3.63, 3.8) is 0 Å². The summed E-state index contributed by atoms with van der Waals surface area (Å²) in [7, 11) is 0. The fourth-order valence-electron chi connectivity index (χ4n) is 1.95. The number of ether oxygens (including phenoxy) is 1. The number of rotatable bonds is 2. The van der Waals surface area contributed by atoms with Crippen LogP contribution in [0.15, 0.2) is 24.0 Å². The maximum atomic E-state index is 5.82. The minimum Gasteiger partial charge on any atom is -0.491 e. The molecule has 1 saturated carbocycles. The number of allylic oxidation sites excluding steroid dienone is 1. The second-order valence-corrected chi connectivity index (χ2v) is 3.90. The van der Waals surface area contributed by atoms with Gasteiger partial charge in [0.05, 0.1) is 6.10 Å². The van der Waals surface area contributed by atoms with Gasteiger partial charge < -0.3 is 10.5 Å². The average Bonchev–Trinajstić information content (AvgIpc) is 2.57. The average molecular weight is 179 g/mol. The van der Waals surface area contributed by atoms with Crippen LogP contribution in [-0.4, -0.2) is 12.1 Å². The van der Waals surface area contributed by atoms with Crippen LogP contribution in [0.4, 0.5) is 0 Å². The van der Waals surface area contributed by atoms with E-state index in [1.807, 2.05) is 12.2 Å². The molecule has 0 radical (unpaired) electrons. The highest BCUT2D eigenvalue weighted by molar-refractivity contribution is 5.20. The fraction of sp³-hybridized carbons (Fsp3) is 0.636. The van der Waals surface area contributed by atoms with Crippen molar-refractivity contribution in [3.8, 4) is 0 Å². The molecule has 0 aromatic rings. The molecule has 0 amide bonds. The van der Waals surface area contributed by atoms with Crippen molar-refractivity contribution in [2.75, 3.05) is 0 Å². The van der Waals surface area contributed by atoms with Crippen molar-refractivity contribution in [1.29, 1.82) is 0 Å². The van der Waals surface area contributed by atoms with Crippen molar-refractivity contribution in [3.05, 3.63) is 24.0 Å². The van der Waals surface area contributed by atoms with Crippen molar-refractivity contribution in [2.45, 2.75) is 44.2 Å². The van der Waals surface area contributed by atoms with Gasteiger partial charge in [-0.2, -0.15) is 0 Å². The van der Waals surface area contributed by atoms with Crippen molar-refractivity contribution in [1.82, 2.24) is 0 Å². The van der Waals surface area contributed by atoms with E-state index >= 15 is 0 Å². The van der Waals surface area contributed by atoms with Crippen molar-refractivity contribution in [2.24, 2.45) is 5.73 Å². The van der Waals surface area contributed by atoms with Crippen LogP contribution in [0, 0.1) is 0 Å². The van der Waals surface area contributed by atoms with Gasteiger partial charge in [0.15, 0.2) is 0 Å². The van der Waals surface area contributed by atoms with Gasteiger partial charge in [-0.25, -0.2) is 0 Å². The van der Waals surface area contributed by atoms with Crippen molar-refractivity contribution >= 4 is 0 Å². The summed E-state index contributed by atoms with van der Waals surface area (Å²) in [5.74, 6) is 0.977. The first-order chi connectivity index (χ1) is 6.34. The highest BCUT2D eigenvalue weighted by atomic mass is 16.5. The molecule has 0 aromatic carbocycles. The summed E-state index contributed by atoms with van der Waals surface area (Å²) in [6.07, 6.45) is 12.6. The zero-order valence-electron chi connectivity index (χ0n) is 7.91. The third-order valence-corrected chi connectivity index (χ3v) is 2.67. The molecule has 0 aliphatic heterocycles. The smallest absolute Gasteiger partial charge is 0.116 e. The summed E-state index contributed by atoms with van der Waals surface area (Å²) in [5, 5.41) is 0. The van der Waals surface area contributed by atoms with E-state index in [2.05, 4.69) is 6.08 Å². The predicted molar refractivity (Wildman–Crippen MR) is 53.2 cm³/mol. The first-order valence-electron chi connectivity index (χ1n) is 5.15. The molecule has 13 heavy (non-hydrogen) atoms. The predicted octanol–water partition coefficient (Wildman–Crippen LogP) is 2.12. The Morgan fingerprint density at radius 2 is 2.08 bits per heavy atom. The monoisotopic (exact) mass is 179 g/mol. The lowest BCUT2D eigenvalue weighted by atomic mass is 10.1. The molecule has 1 fully saturated rings. The second kappa shape index (κ2) is 3.97. The zero-order valence-corrected chi connectivity index (χ0v) is 7.91. The Bertz CT molecular complexity index is 226. The van der Waals surface area contributed by atoms with Crippen LogP contribution in [0.5, 0.6) is 0 Å². The van der Waals surface area contributed by atoms with Gasteiger partial charge in [-0.3, -0.25) is 0 Å². The van der Waals surface area contributed by atoms with E-state index in [4.69, 9.17) is 10.5 Å². The van der Waals surface area contributed by atoms with Crippen LogP contribution in [-0.2, 0) is 4.74 Å². The summed E-state index contributed by atoms with van der Waals surface area (Å²) in [6, 6.07) is 0.154. The molecule has 1 unspecified atom stereocenters. The molecule has 0 saturated heterocycles. The molecule has 0 aromatic heterocycles. The Morgan fingerprint density at radius 1 is 1.31 bits per heavy atom. The minimum atomic E-state index is 0.154. The summed E-state index contributed by atoms with van der Waals surface area (Å²) in [6.45, 7) is 0. The molecular formula is C11H17NO. The maximum Gasteiger partial charge on any atom is 0.116 e. The molecule has 0 spiro atoms. The van der Waals surface area contributed by atoms with E-state index in [1.165, 1.54) is 25.7 Å². The third kappa shape index (κ3) is 2.34. The second-order valence-electron chi connectivity index (χ2n) is 3.90. The molecule has 0 heterocycles. The molecule has 72 valence electrons. The molecular weight excluding hydrogens is 162 g/mol. The Hall–Kier alpha value is -0.760. The minimum absolute atomic E-state index is 0.154. The maximum absolute atomic E-state index is 5.82. The normalized spacial score (nSPS) is 29.0. The van der Waals surface area contributed by atoms with E-state index in [0.717, 1.165) is 12.2 Å². The molecule has 2 aliphatic carbocycles. The summed E-state index contributed by atoms with van der Waals surface area (Å²) in [4.78, 5) is 0. The molecule has 2 nitrogen and oxygen atoms in total. The molecule has 2 aliphatic rings. The molecule has 1 atom stereocenters. The highest BCUT2D eigenvalue weighted by Gasteiger charge is 2.17. The van der Waals surface area contributed by atoms with E-state index in [9.17, 15) is 0 Å². The molecule has 2 N–H and O–H groups in total. The van der Waals surface area contributed by atoms with Gasteiger partial charge in [-0.15, -0.1) is 0 Å². The summed E-state index contributed by atoms with van der Waals surface area (Å²) < 4.78 is 5.82.